The van der Waals surface area contributed by atoms with Crippen LogP contribution < -0.4 is 11.3 Å². The number of nitrogens with one attached hydrogen (secondary N) is 1. The van der Waals surface area contributed by atoms with E-state index in [1.807, 2.05) is 30.3 Å². The van der Waals surface area contributed by atoms with E-state index in [1.54, 1.807) is 4.90 Å². The SMILES string of the molecule is NNC1CCCCN1C(=O)OCc1ccccc1. The van der Waals surface area contributed by atoms with Crippen LogP contribution >= 0.6 is 0 Å². The van der Waals surface area contributed by atoms with Gasteiger partial charge < -0.3 is 4.74 Å². The van der Waals surface area contributed by atoms with Crippen LogP contribution in [-0.2, 0) is 11.3 Å². The first-order valence-corrected chi connectivity index (χ1v) is 6.24. The molecule has 0 bridgehead atoms. The zero-order chi connectivity index (χ0) is 12.8. The molecule has 1 aromatic carbocycles. The zero-order valence-electron chi connectivity index (χ0n) is 10.3. The van der Waals surface area contributed by atoms with E-state index in [4.69, 9.17) is 10.6 Å². The number of hydrogen-bond acceptors (Lipinski definition) is 4. The third-order valence-corrected chi connectivity index (χ3v) is 3.13. The number of benzene rings is 1. The first-order chi connectivity index (χ1) is 8.81. The van der Waals surface area contributed by atoms with Gasteiger partial charge in [-0.3, -0.25) is 10.7 Å². The van der Waals surface area contributed by atoms with Gasteiger partial charge in [0.2, 0.25) is 0 Å². The minimum absolute atomic E-state index is 0.109. The Morgan fingerprint density at radius 3 is 2.89 bits per heavy atom. The lowest BCUT2D eigenvalue weighted by Crippen LogP contribution is -2.53. The molecule has 1 fully saturated rings. The summed E-state index contributed by atoms with van der Waals surface area (Å²) in [5.74, 6) is 5.44. The number of hydrogen-bond donors (Lipinski definition) is 2. The molecule has 1 aromatic rings. The third-order valence-electron chi connectivity index (χ3n) is 3.13. The maximum atomic E-state index is 11.9. The molecular formula is C13H19N3O2. The molecule has 0 spiro atoms. The fourth-order valence-corrected chi connectivity index (χ4v) is 2.13. The Morgan fingerprint density at radius 2 is 2.17 bits per heavy atom. The van der Waals surface area contributed by atoms with E-state index < -0.39 is 0 Å². The molecule has 0 saturated carbocycles. The van der Waals surface area contributed by atoms with Crippen LogP contribution in [0.25, 0.3) is 0 Å². The number of carbonyl (C=O) groups is 1. The Labute approximate surface area is 107 Å². The average molecular weight is 249 g/mol. The number of likely N-dealkylation sites (tertiary alicyclic amines) is 1. The summed E-state index contributed by atoms with van der Waals surface area (Å²) in [7, 11) is 0. The molecule has 98 valence electrons. The summed E-state index contributed by atoms with van der Waals surface area (Å²) in [6.07, 6.45) is 2.54. The number of amides is 1. The minimum Gasteiger partial charge on any atom is -0.445 e. The second-order valence-electron chi connectivity index (χ2n) is 4.41. The first kappa shape index (κ1) is 12.9. The van der Waals surface area contributed by atoms with Gasteiger partial charge in [-0.1, -0.05) is 30.3 Å². The molecule has 1 aliphatic rings. The van der Waals surface area contributed by atoms with E-state index in [-0.39, 0.29) is 12.3 Å². The Bertz CT molecular complexity index is 383. The maximum Gasteiger partial charge on any atom is 0.411 e. The number of ether oxygens (including phenoxy) is 1. The Hall–Kier alpha value is -1.59. The highest BCUT2D eigenvalue weighted by molar-refractivity contribution is 5.68. The molecule has 5 nitrogen and oxygen atoms in total. The van der Waals surface area contributed by atoms with Crippen LogP contribution in [0.3, 0.4) is 0 Å². The molecule has 0 radical (unpaired) electrons. The highest BCUT2D eigenvalue weighted by atomic mass is 16.6. The van der Waals surface area contributed by atoms with E-state index in [2.05, 4.69) is 5.43 Å². The Morgan fingerprint density at radius 1 is 1.39 bits per heavy atom. The van der Waals surface area contributed by atoms with Crippen LogP contribution in [0.4, 0.5) is 4.79 Å². The smallest absolute Gasteiger partial charge is 0.411 e. The van der Waals surface area contributed by atoms with Crippen molar-refractivity contribution in [2.45, 2.75) is 32.0 Å². The van der Waals surface area contributed by atoms with Crippen molar-refractivity contribution in [3.8, 4) is 0 Å². The molecular weight excluding hydrogens is 230 g/mol. The molecule has 5 heteroatoms. The quantitative estimate of drug-likeness (QED) is 0.630. The third kappa shape index (κ3) is 3.21. The molecule has 1 aliphatic heterocycles. The highest BCUT2D eigenvalue weighted by Gasteiger charge is 2.26. The molecule has 1 heterocycles. The highest BCUT2D eigenvalue weighted by Crippen LogP contribution is 2.16. The van der Waals surface area contributed by atoms with E-state index in [9.17, 15) is 4.79 Å². The van der Waals surface area contributed by atoms with Gasteiger partial charge in [0.1, 0.15) is 6.61 Å². The summed E-state index contributed by atoms with van der Waals surface area (Å²) in [4.78, 5) is 13.6. The van der Waals surface area contributed by atoms with Crippen LogP contribution in [0.2, 0.25) is 0 Å². The van der Waals surface area contributed by atoms with Crippen molar-refractivity contribution < 1.29 is 9.53 Å². The van der Waals surface area contributed by atoms with Gasteiger partial charge in [-0.2, -0.15) is 0 Å². The van der Waals surface area contributed by atoms with E-state index >= 15 is 0 Å². The van der Waals surface area contributed by atoms with Crippen molar-refractivity contribution in [1.82, 2.24) is 10.3 Å². The number of piperidine rings is 1. The van der Waals surface area contributed by atoms with Crippen LogP contribution in [-0.4, -0.2) is 23.7 Å². The van der Waals surface area contributed by atoms with Crippen molar-refractivity contribution in [1.29, 1.82) is 0 Å². The predicted octanol–water partition coefficient (Wildman–Crippen LogP) is 1.60. The van der Waals surface area contributed by atoms with Gasteiger partial charge in [0, 0.05) is 6.54 Å². The lowest BCUT2D eigenvalue weighted by atomic mass is 10.1. The average Bonchev–Trinajstić information content (AvgIpc) is 2.45. The number of carbonyl (C=O) groups excluding carboxylic acids is 1. The second kappa shape index (κ2) is 6.37. The van der Waals surface area contributed by atoms with Crippen molar-refractivity contribution in [3.63, 3.8) is 0 Å². The number of hydrazine groups is 1. The molecule has 2 rings (SSSR count). The molecule has 1 saturated heterocycles. The van der Waals surface area contributed by atoms with Gasteiger partial charge in [0.05, 0.1) is 6.17 Å². The normalized spacial score (nSPS) is 19.6. The fourth-order valence-electron chi connectivity index (χ4n) is 2.13. The van der Waals surface area contributed by atoms with Crippen LogP contribution in [0.5, 0.6) is 0 Å². The van der Waals surface area contributed by atoms with Gasteiger partial charge in [0.25, 0.3) is 0 Å². The monoisotopic (exact) mass is 249 g/mol. The predicted molar refractivity (Wildman–Crippen MR) is 68.3 cm³/mol. The summed E-state index contributed by atoms with van der Waals surface area (Å²) < 4.78 is 5.29. The first-order valence-electron chi connectivity index (χ1n) is 6.24. The standard InChI is InChI=1S/C13H19N3O2/c14-15-12-8-4-5-9-16(12)13(17)18-10-11-6-2-1-3-7-11/h1-3,6-7,12,15H,4-5,8-10,14H2. The van der Waals surface area contributed by atoms with Crippen molar-refractivity contribution >= 4 is 6.09 Å². The lowest BCUT2D eigenvalue weighted by Gasteiger charge is -2.34. The topological polar surface area (TPSA) is 67.6 Å². The van der Waals surface area contributed by atoms with E-state index in [1.165, 1.54) is 0 Å². The van der Waals surface area contributed by atoms with Gasteiger partial charge in [0.15, 0.2) is 0 Å². The van der Waals surface area contributed by atoms with Crippen molar-refractivity contribution in [2.75, 3.05) is 6.54 Å². The Balaban J connectivity index is 1.87. The van der Waals surface area contributed by atoms with Crippen LogP contribution in [0, 0.1) is 0 Å². The van der Waals surface area contributed by atoms with Crippen molar-refractivity contribution in [3.05, 3.63) is 35.9 Å². The molecule has 0 aliphatic carbocycles. The molecule has 3 N–H and O–H groups in total. The molecule has 18 heavy (non-hydrogen) atoms. The largest absolute Gasteiger partial charge is 0.445 e. The molecule has 1 unspecified atom stereocenters. The number of nitrogens with two attached hydrogens (primary N) is 1. The summed E-state index contributed by atoms with van der Waals surface area (Å²) >= 11 is 0. The maximum absolute atomic E-state index is 11.9. The lowest BCUT2D eigenvalue weighted by molar-refractivity contribution is 0.0594. The Kier molecular flexibility index (Phi) is 4.55. The van der Waals surface area contributed by atoms with Gasteiger partial charge in [-0.05, 0) is 24.8 Å². The van der Waals surface area contributed by atoms with Gasteiger partial charge in [-0.25, -0.2) is 10.2 Å². The van der Waals surface area contributed by atoms with E-state index in [0.717, 1.165) is 24.8 Å². The second-order valence-corrected chi connectivity index (χ2v) is 4.41. The minimum atomic E-state index is -0.304. The summed E-state index contributed by atoms with van der Waals surface area (Å²) in [5, 5.41) is 0. The molecule has 1 amide bonds. The summed E-state index contributed by atoms with van der Waals surface area (Å²) in [6, 6.07) is 9.65. The fraction of sp³-hybridized carbons (Fsp3) is 0.462. The molecule has 1 atom stereocenters. The van der Waals surface area contributed by atoms with Crippen LogP contribution in [0.15, 0.2) is 30.3 Å². The van der Waals surface area contributed by atoms with E-state index in [0.29, 0.717) is 13.2 Å². The van der Waals surface area contributed by atoms with Crippen LogP contribution in [0.1, 0.15) is 24.8 Å². The number of rotatable bonds is 3. The van der Waals surface area contributed by atoms with Gasteiger partial charge in [-0.15, -0.1) is 0 Å². The van der Waals surface area contributed by atoms with Crippen molar-refractivity contribution in [2.24, 2.45) is 5.84 Å². The molecule has 0 aromatic heterocycles. The summed E-state index contributed by atoms with van der Waals surface area (Å²) in [5.41, 5.74) is 3.64. The number of nitrogens with zero attached hydrogens (tertiary/aromatic N) is 1. The summed E-state index contributed by atoms with van der Waals surface area (Å²) in [6.45, 7) is 0.996. The zero-order valence-corrected chi connectivity index (χ0v) is 10.3. The van der Waals surface area contributed by atoms with Gasteiger partial charge >= 0.3 is 6.09 Å².